The number of nitrogens with zero attached hydrogens (tertiary/aromatic N) is 1. The number of aliphatic hydroxyl groups excluding tert-OH is 1. The average Bonchev–Trinajstić information content (AvgIpc) is 2.35. The lowest BCUT2D eigenvalue weighted by Gasteiger charge is -2.13. The number of aliphatic hydroxyl groups is 1. The molecule has 1 aromatic rings. The molecule has 1 amide bonds. The molecule has 0 bridgehead atoms. The van der Waals surface area contributed by atoms with Crippen molar-refractivity contribution < 1.29 is 14.8 Å². The Bertz CT molecular complexity index is 505. The van der Waals surface area contributed by atoms with E-state index in [4.69, 9.17) is 0 Å². The van der Waals surface area contributed by atoms with Crippen molar-refractivity contribution >= 4 is 27.5 Å². The third-order valence-electron chi connectivity index (χ3n) is 2.65. The molecular formula is C13H17BrN2O4. The van der Waals surface area contributed by atoms with Gasteiger partial charge < -0.3 is 10.4 Å². The van der Waals surface area contributed by atoms with Crippen LogP contribution in [0.4, 0.5) is 5.69 Å². The van der Waals surface area contributed by atoms with Crippen LogP contribution in [-0.4, -0.2) is 28.6 Å². The molecule has 1 rings (SSSR count). The van der Waals surface area contributed by atoms with Crippen LogP contribution in [0.25, 0.3) is 0 Å². The van der Waals surface area contributed by atoms with Gasteiger partial charge in [0.1, 0.15) is 0 Å². The lowest BCUT2D eigenvalue weighted by molar-refractivity contribution is -0.385. The highest BCUT2D eigenvalue weighted by atomic mass is 79.9. The lowest BCUT2D eigenvalue weighted by Crippen LogP contribution is -2.32. The van der Waals surface area contributed by atoms with Gasteiger partial charge in [-0.3, -0.25) is 14.9 Å². The number of benzene rings is 1. The van der Waals surface area contributed by atoms with Gasteiger partial charge in [-0.25, -0.2) is 0 Å². The number of carbonyl (C=O) groups excluding carboxylic acids is 1. The van der Waals surface area contributed by atoms with Crippen LogP contribution in [-0.2, 0) is 0 Å². The van der Waals surface area contributed by atoms with Crippen molar-refractivity contribution in [2.24, 2.45) is 5.92 Å². The molecule has 1 aromatic carbocycles. The van der Waals surface area contributed by atoms with E-state index in [0.29, 0.717) is 16.8 Å². The van der Waals surface area contributed by atoms with Gasteiger partial charge in [0.15, 0.2) is 0 Å². The summed E-state index contributed by atoms with van der Waals surface area (Å²) in [6.07, 6.45) is -0.0368. The maximum atomic E-state index is 11.9. The van der Waals surface area contributed by atoms with Crippen molar-refractivity contribution in [2.75, 3.05) is 6.54 Å². The van der Waals surface area contributed by atoms with Crippen molar-refractivity contribution in [2.45, 2.75) is 26.4 Å². The second-order valence-corrected chi connectivity index (χ2v) is 5.77. The van der Waals surface area contributed by atoms with E-state index in [9.17, 15) is 20.0 Å². The van der Waals surface area contributed by atoms with Crippen LogP contribution in [0.5, 0.6) is 0 Å². The number of hydrogen-bond donors (Lipinski definition) is 2. The van der Waals surface area contributed by atoms with E-state index in [1.54, 1.807) is 0 Å². The Hall–Kier alpha value is -1.47. The van der Waals surface area contributed by atoms with Gasteiger partial charge in [-0.1, -0.05) is 13.8 Å². The largest absolute Gasteiger partial charge is 0.391 e. The number of nitro benzene ring substituents is 1. The third-order valence-corrected chi connectivity index (χ3v) is 3.32. The molecule has 0 radical (unpaired) electrons. The second-order valence-electron chi connectivity index (χ2n) is 4.92. The molecule has 20 heavy (non-hydrogen) atoms. The molecule has 110 valence electrons. The molecule has 0 aromatic heterocycles. The fourth-order valence-corrected chi connectivity index (χ4v) is 2.13. The van der Waals surface area contributed by atoms with Crippen molar-refractivity contribution in [3.8, 4) is 0 Å². The van der Waals surface area contributed by atoms with Gasteiger partial charge in [-0.15, -0.1) is 0 Å². The van der Waals surface area contributed by atoms with Crippen LogP contribution in [0.1, 0.15) is 30.6 Å². The van der Waals surface area contributed by atoms with E-state index in [-0.39, 0.29) is 17.8 Å². The molecule has 0 fully saturated rings. The first-order valence-electron chi connectivity index (χ1n) is 6.21. The third kappa shape index (κ3) is 4.90. The monoisotopic (exact) mass is 344 g/mol. The van der Waals surface area contributed by atoms with Gasteiger partial charge in [0.2, 0.25) is 0 Å². The normalized spacial score (nSPS) is 12.2. The Morgan fingerprint density at radius 1 is 1.50 bits per heavy atom. The van der Waals surface area contributed by atoms with Gasteiger partial charge >= 0.3 is 0 Å². The minimum Gasteiger partial charge on any atom is -0.391 e. The summed E-state index contributed by atoms with van der Waals surface area (Å²) in [5.74, 6) is -0.112. The lowest BCUT2D eigenvalue weighted by atomic mass is 10.1. The number of carbonyl (C=O) groups is 1. The van der Waals surface area contributed by atoms with Crippen molar-refractivity contribution in [3.05, 3.63) is 38.3 Å². The van der Waals surface area contributed by atoms with Gasteiger partial charge in [0.05, 0.1) is 15.5 Å². The molecule has 2 N–H and O–H groups in total. The summed E-state index contributed by atoms with van der Waals surface area (Å²) in [4.78, 5) is 22.1. The topological polar surface area (TPSA) is 92.5 Å². The molecule has 0 aliphatic heterocycles. The molecule has 1 atom stereocenters. The van der Waals surface area contributed by atoms with Crippen LogP contribution in [0.2, 0.25) is 0 Å². The first-order valence-corrected chi connectivity index (χ1v) is 7.00. The summed E-state index contributed by atoms with van der Waals surface area (Å²) in [6.45, 7) is 4.08. The van der Waals surface area contributed by atoms with Gasteiger partial charge in [-0.05, 0) is 40.4 Å². The fourth-order valence-electron chi connectivity index (χ4n) is 1.73. The zero-order valence-corrected chi connectivity index (χ0v) is 12.9. The van der Waals surface area contributed by atoms with Crippen molar-refractivity contribution in [1.29, 1.82) is 0 Å². The number of amides is 1. The molecule has 0 saturated carbocycles. The standard InChI is InChI=1S/C13H17BrN2O4/c1-8(2)5-10(17)7-15-13(18)9-3-4-11(14)12(6-9)16(19)20/h3-4,6,8,10,17H,5,7H2,1-2H3,(H,15,18). The van der Waals surface area contributed by atoms with Crippen molar-refractivity contribution in [1.82, 2.24) is 5.32 Å². The van der Waals surface area contributed by atoms with E-state index in [0.717, 1.165) is 0 Å². The number of hydrogen-bond acceptors (Lipinski definition) is 4. The maximum absolute atomic E-state index is 11.9. The molecule has 7 heteroatoms. The highest BCUT2D eigenvalue weighted by molar-refractivity contribution is 9.10. The van der Waals surface area contributed by atoms with E-state index < -0.39 is 16.9 Å². The number of halogens is 1. The van der Waals surface area contributed by atoms with Crippen LogP contribution in [0, 0.1) is 16.0 Å². The number of rotatable bonds is 6. The SMILES string of the molecule is CC(C)CC(O)CNC(=O)c1ccc(Br)c([N+](=O)[O-])c1. The Labute approximate surface area is 125 Å². The van der Waals surface area contributed by atoms with Crippen LogP contribution in [0.3, 0.4) is 0 Å². The summed E-state index contributed by atoms with van der Waals surface area (Å²) >= 11 is 3.06. The Morgan fingerprint density at radius 3 is 2.70 bits per heavy atom. The molecule has 0 aliphatic rings. The predicted molar refractivity (Wildman–Crippen MR) is 78.6 cm³/mol. The second kappa shape index (κ2) is 7.35. The summed E-state index contributed by atoms with van der Waals surface area (Å²) in [5, 5.41) is 23.0. The van der Waals surface area contributed by atoms with Gasteiger partial charge in [-0.2, -0.15) is 0 Å². The summed E-state index contributed by atoms with van der Waals surface area (Å²) < 4.78 is 0.318. The molecular weight excluding hydrogens is 328 g/mol. The van der Waals surface area contributed by atoms with Crippen LogP contribution < -0.4 is 5.32 Å². The highest BCUT2D eigenvalue weighted by Crippen LogP contribution is 2.25. The predicted octanol–water partition coefficient (Wildman–Crippen LogP) is 2.49. The number of nitro groups is 1. The first kappa shape index (κ1) is 16.6. The van der Waals surface area contributed by atoms with Crippen LogP contribution >= 0.6 is 15.9 Å². The van der Waals surface area contributed by atoms with E-state index in [1.807, 2.05) is 13.8 Å². The average molecular weight is 345 g/mol. The molecule has 0 aliphatic carbocycles. The zero-order chi connectivity index (χ0) is 15.3. The molecule has 0 spiro atoms. The van der Waals surface area contributed by atoms with Gasteiger partial charge in [0, 0.05) is 18.2 Å². The van der Waals surface area contributed by atoms with Crippen molar-refractivity contribution in [3.63, 3.8) is 0 Å². The van der Waals surface area contributed by atoms with E-state index >= 15 is 0 Å². The molecule has 1 unspecified atom stereocenters. The van der Waals surface area contributed by atoms with Gasteiger partial charge in [0.25, 0.3) is 11.6 Å². The Morgan fingerprint density at radius 2 is 2.15 bits per heavy atom. The molecule has 0 heterocycles. The van der Waals surface area contributed by atoms with Crippen LogP contribution in [0.15, 0.2) is 22.7 Å². The van der Waals surface area contributed by atoms with E-state index in [2.05, 4.69) is 21.2 Å². The Kier molecular flexibility index (Phi) is 6.09. The summed E-state index contributed by atoms with van der Waals surface area (Å²) in [6, 6.07) is 4.15. The number of nitrogens with one attached hydrogen (secondary N) is 1. The smallest absolute Gasteiger partial charge is 0.284 e. The molecule has 6 nitrogen and oxygen atoms in total. The quantitative estimate of drug-likeness (QED) is 0.612. The highest BCUT2D eigenvalue weighted by Gasteiger charge is 2.16. The molecule has 0 saturated heterocycles. The minimum atomic E-state index is -0.621. The first-order chi connectivity index (χ1) is 9.31. The summed E-state index contributed by atoms with van der Waals surface area (Å²) in [5.41, 5.74) is 0.0250. The fraction of sp³-hybridized carbons (Fsp3) is 0.462. The summed E-state index contributed by atoms with van der Waals surface area (Å²) in [7, 11) is 0. The minimum absolute atomic E-state index is 0.126. The Balaban J connectivity index is 2.69. The van der Waals surface area contributed by atoms with E-state index in [1.165, 1.54) is 18.2 Å². The zero-order valence-electron chi connectivity index (χ0n) is 11.3. The maximum Gasteiger partial charge on any atom is 0.284 e.